The number of hydrogen-bond acceptors (Lipinski definition) is 3. The van der Waals surface area contributed by atoms with Gasteiger partial charge in [0.2, 0.25) is 0 Å². The van der Waals surface area contributed by atoms with Crippen LogP contribution in [0.4, 0.5) is 0 Å². The van der Waals surface area contributed by atoms with E-state index in [1.165, 1.54) is 0 Å². The lowest BCUT2D eigenvalue weighted by Gasteiger charge is -1.69. The Hall–Kier alpha value is -1.29. The molecule has 7 heavy (non-hydrogen) atoms. The summed E-state index contributed by atoms with van der Waals surface area (Å²) in [4.78, 5) is 2.39. The van der Waals surface area contributed by atoms with Crippen molar-refractivity contribution in [3.05, 3.63) is 10.4 Å². The van der Waals surface area contributed by atoms with Crippen LogP contribution in [0.25, 0.3) is 10.4 Å². The Morgan fingerprint density at radius 3 is 2.86 bits per heavy atom. The van der Waals surface area contributed by atoms with Crippen LogP contribution in [0.5, 0.6) is 0 Å². The molecule has 0 aromatic heterocycles. The van der Waals surface area contributed by atoms with E-state index in [0.29, 0.717) is 0 Å². The van der Waals surface area contributed by atoms with Crippen LogP contribution < -0.4 is 5.84 Å². The van der Waals surface area contributed by atoms with E-state index >= 15 is 0 Å². The van der Waals surface area contributed by atoms with Crippen LogP contribution in [-0.2, 0) is 0 Å². The zero-order chi connectivity index (χ0) is 5.54. The van der Waals surface area contributed by atoms with E-state index < -0.39 is 0 Å². The van der Waals surface area contributed by atoms with Crippen LogP contribution in [0.15, 0.2) is 15.5 Å². The number of nitrogens with two attached hydrogens (primary N) is 1. The minimum Gasteiger partial charge on any atom is -0.305 e. The van der Waals surface area contributed by atoms with Crippen LogP contribution >= 0.6 is 0 Å². The van der Waals surface area contributed by atoms with Crippen molar-refractivity contribution in [3.63, 3.8) is 0 Å². The fourth-order valence-corrected chi connectivity index (χ4v) is 0.0931. The van der Waals surface area contributed by atoms with E-state index in [9.17, 15) is 0 Å². The molecule has 0 aliphatic heterocycles. The van der Waals surface area contributed by atoms with Gasteiger partial charge in [-0.3, -0.25) is 0 Å². The van der Waals surface area contributed by atoms with Crippen molar-refractivity contribution in [1.82, 2.24) is 0 Å². The highest BCUT2D eigenvalue weighted by atomic mass is 15.3. The second kappa shape index (κ2) is 4.71. The van der Waals surface area contributed by atoms with Crippen molar-refractivity contribution < 1.29 is 0 Å². The topological polar surface area (TPSA) is 99.5 Å². The molecule has 0 amide bonds. The van der Waals surface area contributed by atoms with Crippen LogP contribution in [-0.4, -0.2) is 6.67 Å². The van der Waals surface area contributed by atoms with Crippen LogP contribution in [0.1, 0.15) is 0 Å². The quantitative estimate of drug-likeness (QED) is 0.177. The molecule has 0 aliphatic rings. The molecule has 0 heterocycles. The molecular weight excluding hydrogens is 96.1 g/mol. The van der Waals surface area contributed by atoms with Gasteiger partial charge < -0.3 is 5.84 Å². The van der Waals surface area contributed by atoms with Gasteiger partial charge in [0.05, 0.1) is 0 Å². The first-order chi connectivity index (χ1) is 3.41. The monoisotopic (exact) mass is 100 g/mol. The molecule has 0 radical (unpaired) electrons. The average molecular weight is 100 g/mol. The highest BCUT2D eigenvalue weighted by molar-refractivity contribution is 4.38. The van der Waals surface area contributed by atoms with Crippen molar-refractivity contribution in [2.75, 3.05) is 6.67 Å². The predicted octanol–water partition coefficient (Wildman–Crippen LogP) is 0.580. The van der Waals surface area contributed by atoms with E-state index in [1.807, 2.05) is 0 Å². The van der Waals surface area contributed by atoms with E-state index in [1.54, 1.807) is 0 Å². The first kappa shape index (κ1) is 5.71. The van der Waals surface area contributed by atoms with Gasteiger partial charge >= 0.3 is 0 Å². The molecule has 38 valence electrons. The van der Waals surface area contributed by atoms with Gasteiger partial charge in [0, 0.05) is 4.91 Å². The lowest BCUT2D eigenvalue weighted by atomic mass is 11.2. The van der Waals surface area contributed by atoms with Gasteiger partial charge in [0.1, 0.15) is 6.67 Å². The Morgan fingerprint density at radius 1 is 1.71 bits per heavy atom. The van der Waals surface area contributed by atoms with E-state index in [-0.39, 0.29) is 6.67 Å². The smallest absolute Gasteiger partial charge is 0.141 e. The second-order valence-corrected chi connectivity index (χ2v) is 0.629. The molecule has 6 heteroatoms. The molecule has 0 aromatic carbocycles. The minimum absolute atomic E-state index is 0.0208. The van der Waals surface area contributed by atoms with Crippen molar-refractivity contribution >= 4 is 0 Å². The molecule has 0 saturated carbocycles. The highest BCUT2D eigenvalue weighted by Gasteiger charge is 1.63. The Kier molecular flexibility index (Phi) is 3.84. The van der Waals surface area contributed by atoms with Crippen LogP contribution in [0.2, 0.25) is 0 Å². The molecule has 0 aliphatic carbocycles. The summed E-state index contributed by atoms with van der Waals surface area (Å²) in [5, 5.41) is 8.98. The predicted molar refractivity (Wildman–Crippen MR) is 23.1 cm³/mol. The third-order valence-corrected chi connectivity index (χ3v) is 0.271. The lowest BCUT2D eigenvalue weighted by Crippen LogP contribution is -1.75. The van der Waals surface area contributed by atoms with Crippen LogP contribution in [0.3, 0.4) is 0 Å². The lowest BCUT2D eigenvalue weighted by molar-refractivity contribution is 0.895. The minimum atomic E-state index is -0.0208. The van der Waals surface area contributed by atoms with E-state index in [0.717, 1.165) is 0 Å². The third-order valence-electron chi connectivity index (χ3n) is 0.271. The molecule has 0 fully saturated rings. The van der Waals surface area contributed by atoms with Gasteiger partial charge in [0.25, 0.3) is 0 Å². The van der Waals surface area contributed by atoms with Gasteiger partial charge in [-0.1, -0.05) is 10.3 Å². The van der Waals surface area contributed by atoms with Gasteiger partial charge in [-0.2, -0.15) is 5.11 Å². The summed E-state index contributed by atoms with van der Waals surface area (Å²) >= 11 is 0. The molecule has 0 spiro atoms. The van der Waals surface area contributed by atoms with Gasteiger partial charge in [0.15, 0.2) is 0 Å². The number of rotatable bonds is 2. The van der Waals surface area contributed by atoms with Crippen molar-refractivity contribution in [3.8, 4) is 0 Å². The van der Waals surface area contributed by atoms with E-state index in [4.69, 9.17) is 5.53 Å². The standard InChI is InChI=1S/CH4N6/c2-6-4-1-5-7-3/h1H2,(H2,2,4). The summed E-state index contributed by atoms with van der Waals surface area (Å²) in [6, 6.07) is 0. The normalized spacial score (nSPS) is 8.57. The van der Waals surface area contributed by atoms with Crippen LogP contribution in [0, 0.1) is 0 Å². The highest BCUT2D eigenvalue weighted by Crippen LogP contribution is 1.70. The maximum Gasteiger partial charge on any atom is 0.141 e. The summed E-state index contributed by atoms with van der Waals surface area (Å²) < 4.78 is 0. The molecule has 0 saturated heterocycles. The molecule has 0 bridgehead atoms. The Balaban J connectivity index is 3.15. The molecule has 6 nitrogen and oxygen atoms in total. The first-order valence-corrected chi connectivity index (χ1v) is 1.49. The Morgan fingerprint density at radius 2 is 2.43 bits per heavy atom. The molecule has 0 unspecified atom stereocenters. The average Bonchev–Trinajstić information content (AvgIpc) is 1.69. The zero-order valence-electron chi connectivity index (χ0n) is 3.52. The summed E-state index contributed by atoms with van der Waals surface area (Å²) in [7, 11) is 0. The van der Waals surface area contributed by atoms with Gasteiger partial charge in [-0.15, -0.1) is 0 Å². The summed E-state index contributed by atoms with van der Waals surface area (Å²) in [5.74, 6) is 4.54. The number of azide groups is 1. The van der Waals surface area contributed by atoms with E-state index in [2.05, 4.69) is 26.2 Å². The van der Waals surface area contributed by atoms with Gasteiger partial charge in [-0.05, 0) is 5.53 Å². The van der Waals surface area contributed by atoms with Crippen molar-refractivity contribution in [2.45, 2.75) is 0 Å². The summed E-state index contributed by atoms with van der Waals surface area (Å²) in [5.41, 5.74) is 7.61. The van der Waals surface area contributed by atoms with Gasteiger partial charge in [-0.25, -0.2) is 0 Å². The molecule has 2 N–H and O–H groups in total. The molecule has 0 atom stereocenters. The summed E-state index contributed by atoms with van der Waals surface area (Å²) in [6.45, 7) is -0.0208. The van der Waals surface area contributed by atoms with Crippen molar-refractivity contribution in [2.24, 2.45) is 21.3 Å². The molecule has 0 aromatic rings. The number of nitrogens with zero attached hydrogens (tertiary/aromatic N) is 5. The third kappa shape index (κ3) is 4.71. The Labute approximate surface area is 39.6 Å². The summed E-state index contributed by atoms with van der Waals surface area (Å²) in [6.07, 6.45) is 0. The number of hydrogen-bond donors (Lipinski definition) is 1. The molecular formula is CH4N6. The largest absolute Gasteiger partial charge is 0.305 e. The molecule has 0 rings (SSSR count). The maximum atomic E-state index is 7.61. The second-order valence-electron chi connectivity index (χ2n) is 0.629. The Bertz CT molecular complexity index is 96.7. The SMILES string of the molecule is [N-]=[N+]=NCN=NN. The fraction of sp³-hybridized carbons (Fsp3) is 1.00. The van der Waals surface area contributed by atoms with Crippen molar-refractivity contribution in [1.29, 1.82) is 0 Å². The maximum absolute atomic E-state index is 7.61. The first-order valence-electron chi connectivity index (χ1n) is 1.49. The zero-order valence-corrected chi connectivity index (χ0v) is 3.52. The fourth-order valence-electron chi connectivity index (χ4n) is 0.0931.